The highest BCUT2D eigenvalue weighted by Gasteiger charge is 2.24. The van der Waals surface area contributed by atoms with Crippen molar-refractivity contribution in [2.24, 2.45) is 0 Å². The highest BCUT2D eigenvalue weighted by molar-refractivity contribution is 5.92. The molecule has 10 heteroatoms. The zero-order valence-corrected chi connectivity index (χ0v) is 20.3. The average molecular weight is 480 g/mol. The van der Waals surface area contributed by atoms with Crippen LogP contribution in [0.5, 0.6) is 0 Å². The molecule has 0 aliphatic carbocycles. The van der Waals surface area contributed by atoms with E-state index in [4.69, 9.17) is 0 Å². The van der Waals surface area contributed by atoms with E-state index in [1.54, 1.807) is 13.0 Å². The van der Waals surface area contributed by atoms with Crippen LogP contribution in [0.1, 0.15) is 48.3 Å². The molecule has 0 spiro atoms. The van der Waals surface area contributed by atoms with Crippen LogP contribution in [0.15, 0.2) is 36.7 Å². The van der Waals surface area contributed by atoms with Crippen LogP contribution in [0, 0.1) is 0 Å². The summed E-state index contributed by atoms with van der Waals surface area (Å²) in [6.07, 6.45) is 3.02. The quantitative estimate of drug-likeness (QED) is 0.520. The molecular formula is C25H33N7O3. The summed E-state index contributed by atoms with van der Waals surface area (Å²) in [4.78, 5) is 48.6. The Morgan fingerprint density at radius 2 is 1.74 bits per heavy atom. The Kier molecular flexibility index (Phi) is 7.91. The molecule has 3 N–H and O–H groups in total. The smallest absolute Gasteiger partial charge is 0.270 e. The predicted molar refractivity (Wildman–Crippen MR) is 131 cm³/mol. The summed E-state index contributed by atoms with van der Waals surface area (Å²) in [5.74, 6) is 0.225. The minimum Gasteiger partial charge on any atom is -0.367 e. The largest absolute Gasteiger partial charge is 0.367 e. The first-order valence-corrected chi connectivity index (χ1v) is 12.1. The molecule has 3 heterocycles. The second kappa shape index (κ2) is 11.3. The number of hydrogen-bond acceptors (Lipinski definition) is 7. The van der Waals surface area contributed by atoms with Crippen molar-refractivity contribution in [2.45, 2.75) is 51.9 Å². The molecule has 0 bridgehead atoms. The molecular weight excluding hydrogens is 446 g/mol. The van der Waals surface area contributed by atoms with Crippen LogP contribution < -0.4 is 16.0 Å². The van der Waals surface area contributed by atoms with Gasteiger partial charge in [0.15, 0.2) is 0 Å². The number of hydrogen-bond donors (Lipinski definition) is 3. The topological polar surface area (TPSA) is 120 Å². The summed E-state index contributed by atoms with van der Waals surface area (Å²) in [6, 6.07) is 9.91. The first-order chi connectivity index (χ1) is 16.9. The van der Waals surface area contributed by atoms with Gasteiger partial charge in [0.25, 0.3) is 5.91 Å². The van der Waals surface area contributed by atoms with Crippen molar-refractivity contribution in [1.82, 2.24) is 30.4 Å². The fourth-order valence-electron chi connectivity index (χ4n) is 4.71. The number of carbonyl (C=O) groups excluding carboxylic acids is 3. The third kappa shape index (κ3) is 6.75. The molecule has 1 saturated heterocycles. The van der Waals surface area contributed by atoms with E-state index in [1.165, 1.54) is 24.4 Å². The predicted octanol–water partition coefficient (Wildman–Crippen LogP) is 1.15. The van der Waals surface area contributed by atoms with Gasteiger partial charge in [-0.25, -0.2) is 9.97 Å². The Balaban J connectivity index is 1.30. The number of benzene rings is 1. The molecule has 2 aliphatic rings. The summed E-state index contributed by atoms with van der Waals surface area (Å²) < 4.78 is 0. The van der Waals surface area contributed by atoms with Crippen molar-refractivity contribution in [3.05, 3.63) is 53.5 Å². The highest BCUT2D eigenvalue weighted by atomic mass is 16.2. The first-order valence-electron chi connectivity index (χ1n) is 12.1. The maximum absolute atomic E-state index is 12.8. The number of aromatic nitrogens is 2. The summed E-state index contributed by atoms with van der Waals surface area (Å²) in [5, 5.41) is 9.21. The molecule has 1 aromatic carbocycles. The Labute approximate surface area is 205 Å². The maximum atomic E-state index is 12.8. The zero-order valence-electron chi connectivity index (χ0n) is 20.3. The maximum Gasteiger partial charge on any atom is 0.270 e. The lowest BCUT2D eigenvalue weighted by atomic mass is 10.1. The van der Waals surface area contributed by atoms with Gasteiger partial charge in [-0.3, -0.25) is 19.3 Å². The van der Waals surface area contributed by atoms with Gasteiger partial charge in [0.1, 0.15) is 17.8 Å². The molecule has 4 rings (SSSR count). The molecule has 10 nitrogen and oxygen atoms in total. The summed E-state index contributed by atoms with van der Waals surface area (Å²) in [7, 11) is 0. The van der Waals surface area contributed by atoms with Crippen molar-refractivity contribution in [2.75, 3.05) is 31.5 Å². The van der Waals surface area contributed by atoms with Crippen molar-refractivity contribution in [3.63, 3.8) is 0 Å². The number of fused-ring (bicyclic) bond motifs is 1. The van der Waals surface area contributed by atoms with E-state index in [-0.39, 0.29) is 35.5 Å². The minimum atomic E-state index is -0.318. The molecule has 1 atom stereocenters. The van der Waals surface area contributed by atoms with Gasteiger partial charge in [-0.2, -0.15) is 0 Å². The fourth-order valence-corrected chi connectivity index (χ4v) is 4.71. The molecule has 2 aromatic rings. The third-order valence-electron chi connectivity index (χ3n) is 6.49. The van der Waals surface area contributed by atoms with E-state index >= 15 is 0 Å². The average Bonchev–Trinajstić information content (AvgIpc) is 3.25. The van der Waals surface area contributed by atoms with Gasteiger partial charge in [-0.1, -0.05) is 24.3 Å². The van der Waals surface area contributed by atoms with Gasteiger partial charge in [-0.05, 0) is 24.0 Å². The van der Waals surface area contributed by atoms with Crippen LogP contribution in [0.2, 0.25) is 0 Å². The van der Waals surface area contributed by atoms with Crippen molar-refractivity contribution in [3.8, 4) is 0 Å². The number of carbonyl (C=O) groups is 3. The van der Waals surface area contributed by atoms with E-state index in [1.807, 2.05) is 17.0 Å². The Bertz CT molecular complexity index is 1040. The molecule has 35 heavy (non-hydrogen) atoms. The number of likely N-dealkylation sites (tertiary alicyclic amines) is 1. The number of amides is 3. The number of rotatable bonds is 8. The van der Waals surface area contributed by atoms with Crippen molar-refractivity contribution < 1.29 is 14.4 Å². The van der Waals surface area contributed by atoms with Crippen LogP contribution in [-0.4, -0.2) is 75.8 Å². The highest BCUT2D eigenvalue weighted by Crippen LogP contribution is 2.22. The van der Waals surface area contributed by atoms with E-state index in [9.17, 15) is 14.4 Å². The molecule has 1 aromatic heterocycles. The molecule has 2 aliphatic heterocycles. The van der Waals surface area contributed by atoms with Gasteiger partial charge >= 0.3 is 0 Å². The van der Waals surface area contributed by atoms with Crippen molar-refractivity contribution >= 4 is 23.5 Å². The number of nitrogens with zero attached hydrogens (tertiary/aromatic N) is 4. The van der Waals surface area contributed by atoms with Gasteiger partial charge < -0.3 is 20.9 Å². The molecule has 3 amide bonds. The monoisotopic (exact) mass is 479 g/mol. The van der Waals surface area contributed by atoms with Crippen LogP contribution in [0.25, 0.3) is 0 Å². The van der Waals surface area contributed by atoms with Gasteiger partial charge in [-0.15, -0.1) is 0 Å². The Morgan fingerprint density at radius 3 is 2.37 bits per heavy atom. The normalized spacial score (nSPS) is 16.9. The van der Waals surface area contributed by atoms with E-state index in [2.05, 4.69) is 43.0 Å². The Morgan fingerprint density at radius 1 is 1.06 bits per heavy atom. The molecule has 0 unspecified atom stereocenters. The first kappa shape index (κ1) is 24.6. The van der Waals surface area contributed by atoms with Gasteiger partial charge in [0.05, 0.1) is 6.04 Å². The van der Waals surface area contributed by atoms with E-state index in [0.717, 1.165) is 25.9 Å². The lowest BCUT2D eigenvalue weighted by Gasteiger charge is -2.31. The second-order valence-electron chi connectivity index (χ2n) is 9.26. The lowest BCUT2D eigenvalue weighted by Crippen LogP contribution is -2.48. The summed E-state index contributed by atoms with van der Waals surface area (Å²) in [6.45, 7) is 7.06. The molecule has 0 saturated carbocycles. The van der Waals surface area contributed by atoms with E-state index < -0.39 is 0 Å². The van der Waals surface area contributed by atoms with Crippen LogP contribution >= 0.6 is 0 Å². The zero-order chi connectivity index (χ0) is 24.8. The number of piperidine rings is 1. The van der Waals surface area contributed by atoms with Crippen LogP contribution in [-0.2, 0) is 22.7 Å². The second-order valence-corrected chi connectivity index (χ2v) is 9.26. The number of anilines is 1. The van der Waals surface area contributed by atoms with E-state index in [0.29, 0.717) is 32.0 Å². The standard InChI is InChI=1S/C25H33N7O3/c1-17(33)29-22(15-31-13-19-5-3-4-6-20(19)14-31)12-26-25(35)23-11-24(28-16-27-23)30-21-7-9-32(10-8-21)18(2)34/h3-6,11,16,21-22H,7-10,12-15H2,1-2H3,(H,26,35)(H,29,33)(H,27,28,30)/t22-/m0/s1. The number of nitrogens with one attached hydrogen (secondary N) is 3. The fraction of sp³-hybridized carbons (Fsp3) is 0.480. The summed E-state index contributed by atoms with van der Waals surface area (Å²) in [5.41, 5.74) is 2.86. The van der Waals surface area contributed by atoms with Crippen molar-refractivity contribution in [1.29, 1.82) is 0 Å². The molecule has 186 valence electrons. The van der Waals surface area contributed by atoms with Gasteiger partial charge in [0.2, 0.25) is 11.8 Å². The molecule has 0 radical (unpaired) electrons. The lowest BCUT2D eigenvalue weighted by molar-refractivity contribution is -0.129. The van der Waals surface area contributed by atoms with Gasteiger partial charge in [0, 0.05) is 65.2 Å². The SMILES string of the molecule is CC(=O)N[C@@H](CNC(=O)c1cc(NC2CCN(C(C)=O)CC2)ncn1)CN1Cc2ccccc2C1. The van der Waals surface area contributed by atoms with Crippen LogP contribution in [0.4, 0.5) is 5.82 Å². The third-order valence-corrected chi connectivity index (χ3v) is 6.49. The van der Waals surface area contributed by atoms with Crippen LogP contribution in [0.3, 0.4) is 0 Å². The Hall–Kier alpha value is -3.53. The minimum absolute atomic E-state index is 0.0938. The summed E-state index contributed by atoms with van der Waals surface area (Å²) >= 11 is 0. The molecule has 1 fully saturated rings.